The van der Waals surface area contributed by atoms with Gasteiger partial charge in [0.05, 0.1) is 32.1 Å². The lowest BCUT2D eigenvalue weighted by Gasteiger charge is -2.20. The van der Waals surface area contributed by atoms with Crippen LogP contribution in [0.5, 0.6) is 0 Å². The number of amides is 2. The van der Waals surface area contributed by atoms with Crippen molar-refractivity contribution in [2.24, 2.45) is 0 Å². The molecule has 14 heteroatoms. The Morgan fingerprint density at radius 3 is 2.44 bits per heavy atom. The standard InChI is InChI=1S/C34H49N9O5/c1-6-16-37-32(45)27-24-38-33(42-31(27)41-29-10-7-9-28(40-29)34(2,3)46)39-25-11-13-26(14-12-25)43(5)19-8-17-36-30(44)15-20-47-22-23-48-21-18-35-4/h6-7,9-14,24,35,46H,1,8,15-23H2,2-5H3,(H,36,44)(H,37,45)(H2,38,39,40,41,42). The van der Waals surface area contributed by atoms with Gasteiger partial charge in [0.1, 0.15) is 22.8 Å². The molecule has 0 saturated carbocycles. The zero-order valence-electron chi connectivity index (χ0n) is 28.3. The van der Waals surface area contributed by atoms with Crippen LogP contribution in [-0.2, 0) is 19.9 Å². The Morgan fingerprint density at radius 2 is 1.73 bits per heavy atom. The Kier molecular flexibility index (Phi) is 15.7. The quantitative estimate of drug-likeness (QED) is 0.0686. The second-order valence-corrected chi connectivity index (χ2v) is 11.4. The summed E-state index contributed by atoms with van der Waals surface area (Å²) in [6, 6.07) is 13.0. The maximum Gasteiger partial charge on any atom is 0.256 e. The largest absolute Gasteiger partial charge is 0.384 e. The molecule has 3 rings (SSSR count). The number of likely N-dealkylation sites (N-methyl/N-ethyl adjacent to an activating group) is 1. The van der Waals surface area contributed by atoms with Crippen LogP contribution < -0.4 is 31.5 Å². The number of anilines is 5. The summed E-state index contributed by atoms with van der Waals surface area (Å²) in [5.74, 6) is 0.526. The fourth-order valence-electron chi connectivity index (χ4n) is 4.28. The molecule has 3 aromatic rings. The van der Waals surface area contributed by atoms with Crippen molar-refractivity contribution in [3.8, 4) is 0 Å². The summed E-state index contributed by atoms with van der Waals surface area (Å²) >= 11 is 0. The van der Waals surface area contributed by atoms with Crippen LogP contribution in [0.4, 0.5) is 29.0 Å². The summed E-state index contributed by atoms with van der Waals surface area (Å²) in [5, 5.41) is 25.4. The first kappa shape index (κ1) is 37.8. The predicted molar refractivity (Wildman–Crippen MR) is 188 cm³/mol. The second-order valence-electron chi connectivity index (χ2n) is 11.4. The molecular weight excluding hydrogens is 614 g/mol. The number of hydrogen-bond acceptors (Lipinski definition) is 12. The molecular formula is C34H49N9O5. The van der Waals surface area contributed by atoms with Gasteiger partial charge in [0.15, 0.2) is 0 Å². The van der Waals surface area contributed by atoms with Crippen molar-refractivity contribution in [2.45, 2.75) is 32.3 Å². The van der Waals surface area contributed by atoms with Crippen LogP contribution in [0.2, 0.25) is 0 Å². The van der Waals surface area contributed by atoms with Gasteiger partial charge < -0.3 is 46.1 Å². The number of nitrogens with zero attached hydrogens (tertiary/aromatic N) is 4. The van der Waals surface area contributed by atoms with E-state index in [4.69, 9.17) is 9.47 Å². The highest BCUT2D eigenvalue weighted by Crippen LogP contribution is 2.24. The van der Waals surface area contributed by atoms with Crippen molar-refractivity contribution >= 4 is 40.8 Å². The number of nitrogens with one attached hydrogen (secondary N) is 5. The molecule has 2 amide bonds. The number of benzene rings is 1. The van der Waals surface area contributed by atoms with E-state index in [1.54, 1.807) is 38.1 Å². The van der Waals surface area contributed by atoms with Gasteiger partial charge in [-0.3, -0.25) is 9.59 Å². The van der Waals surface area contributed by atoms with Gasteiger partial charge in [0, 0.05) is 57.2 Å². The van der Waals surface area contributed by atoms with E-state index in [1.165, 1.54) is 6.20 Å². The monoisotopic (exact) mass is 663 g/mol. The minimum atomic E-state index is -1.14. The molecule has 0 fully saturated rings. The summed E-state index contributed by atoms with van der Waals surface area (Å²) in [4.78, 5) is 40.4. The van der Waals surface area contributed by atoms with Gasteiger partial charge in [0.2, 0.25) is 11.9 Å². The summed E-state index contributed by atoms with van der Waals surface area (Å²) in [7, 11) is 3.87. The van der Waals surface area contributed by atoms with E-state index in [0.29, 0.717) is 50.9 Å². The molecule has 0 unspecified atom stereocenters. The number of aliphatic hydroxyl groups is 1. The Morgan fingerprint density at radius 1 is 0.979 bits per heavy atom. The molecule has 0 atom stereocenters. The van der Waals surface area contributed by atoms with Crippen LogP contribution in [0.15, 0.2) is 61.3 Å². The number of hydrogen-bond donors (Lipinski definition) is 6. The Bertz CT molecular complexity index is 1450. The zero-order valence-corrected chi connectivity index (χ0v) is 28.3. The third-order valence-electron chi connectivity index (χ3n) is 6.96. The molecule has 48 heavy (non-hydrogen) atoms. The molecule has 0 spiro atoms. The van der Waals surface area contributed by atoms with Gasteiger partial charge in [0.25, 0.3) is 5.91 Å². The van der Waals surface area contributed by atoms with E-state index < -0.39 is 5.60 Å². The smallest absolute Gasteiger partial charge is 0.256 e. The minimum Gasteiger partial charge on any atom is -0.384 e. The van der Waals surface area contributed by atoms with E-state index in [2.05, 4.69) is 53.0 Å². The van der Waals surface area contributed by atoms with E-state index in [-0.39, 0.29) is 35.7 Å². The van der Waals surface area contributed by atoms with Crippen LogP contribution in [-0.4, -0.2) is 98.6 Å². The first-order valence-corrected chi connectivity index (χ1v) is 16.0. The number of ether oxygens (including phenoxy) is 2. The first-order valence-electron chi connectivity index (χ1n) is 16.0. The number of aromatic nitrogens is 3. The van der Waals surface area contributed by atoms with E-state index >= 15 is 0 Å². The molecule has 0 bridgehead atoms. The average molecular weight is 664 g/mol. The third kappa shape index (κ3) is 13.2. The number of carbonyl (C=O) groups is 2. The SMILES string of the molecule is C=CCNC(=O)c1cnc(Nc2ccc(N(C)CCCNC(=O)CCOCCOCCNC)cc2)nc1Nc1cccc(C(C)(C)O)n1. The number of pyridine rings is 1. The van der Waals surface area contributed by atoms with Crippen molar-refractivity contribution in [3.63, 3.8) is 0 Å². The van der Waals surface area contributed by atoms with Crippen LogP contribution in [0, 0.1) is 0 Å². The molecule has 0 radical (unpaired) electrons. The maximum atomic E-state index is 12.8. The van der Waals surface area contributed by atoms with Crippen LogP contribution in [0.3, 0.4) is 0 Å². The van der Waals surface area contributed by atoms with Gasteiger partial charge in [-0.25, -0.2) is 9.97 Å². The van der Waals surface area contributed by atoms with E-state index in [1.807, 2.05) is 38.4 Å². The molecule has 260 valence electrons. The first-order chi connectivity index (χ1) is 23.1. The molecule has 2 heterocycles. The molecule has 6 N–H and O–H groups in total. The molecule has 0 aliphatic heterocycles. The summed E-state index contributed by atoms with van der Waals surface area (Å²) in [6.45, 7) is 11.3. The lowest BCUT2D eigenvalue weighted by molar-refractivity contribution is -0.122. The topological polar surface area (TPSA) is 175 Å². The maximum absolute atomic E-state index is 12.8. The summed E-state index contributed by atoms with van der Waals surface area (Å²) < 4.78 is 10.8. The second kappa shape index (κ2) is 19.9. The van der Waals surface area contributed by atoms with Gasteiger partial charge in [-0.2, -0.15) is 4.98 Å². The zero-order chi connectivity index (χ0) is 34.8. The lowest BCUT2D eigenvalue weighted by atomic mass is 10.1. The fourth-order valence-corrected chi connectivity index (χ4v) is 4.28. The van der Waals surface area contributed by atoms with Crippen molar-refractivity contribution in [2.75, 3.05) is 82.2 Å². The van der Waals surface area contributed by atoms with Gasteiger partial charge in [-0.1, -0.05) is 12.1 Å². The lowest BCUT2D eigenvalue weighted by Crippen LogP contribution is -2.28. The molecule has 0 aliphatic carbocycles. The van der Waals surface area contributed by atoms with E-state index in [0.717, 1.165) is 30.9 Å². The fraction of sp³-hybridized carbons (Fsp3) is 0.441. The molecule has 14 nitrogen and oxygen atoms in total. The summed E-state index contributed by atoms with van der Waals surface area (Å²) in [6.07, 6.45) is 4.12. The van der Waals surface area contributed by atoms with E-state index in [9.17, 15) is 14.7 Å². The minimum absolute atomic E-state index is 0.0333. The highest BCUT2D eigenvalue weighted by molar-refractivity contribution is 5.99. The molecule has 0 aliphatic rings. The third-order valence-corrected chi connectivity index (χ3v) is 6.96. The number of carbonyl (C=O) groups excluding carboxylic acids is 2. The molecule has 0 saturated heterocycles. The highest BCUT2D eigenvalue weighted by atomic mass is 16.5. The average Bonchev–Trinajstić information content (AvgIpc) is 3.07. The van der Waals surface area contributed by atoms with Crippen molar-refractivity contribution in [1.29, 1.82) is 0 Å². The Balaban J connectivity index is 1.52. The van der Waals surface area contributed by atoms with Crippen molar-refractivity contribution in [3.05, 3.63) is 72.6 Å². The van der Waals surface area contributed by atoms with Crippen molar-refractivity contribution < 1.29 is 24.2 Å². The summed E-state index contributed by atoms with van der Waals surface area (Å²) in [5.41, 5.74) is 1.30. The van der Waals surface area contributed by atoms with Crippen LogP contribution >= 0.6 is 0 Å². The normalized spacial score (nSPS) is 11.1. The molecule has 2 aromatic heterocycles. The van der Waals surface area contributed by atoms with Crippen LogP contribution in [0.1, 0.15) is 42.7 Å². The van der Waals surface area contributed by atoms with Crippen LogP contribution in [0.25, 0.3) is 0 Å². The number of rotatable bonds is 22. The Hall–Kier alpha value is -4.63. The van der Waals surface area contributed by atoms with Crippen molar-refractivity contribution in [1.82, 2.24) is 30.9 Å². The van der Waals surface area contributed by atoms with Gasteiger partial charge in [-0.15, -0.1) is 6.58 Å². The Labute approximate surface area is 282 Å². The van der Waals surface area contributed by atoms with Gasteiger partial charge in [-0.05, 0) is 63.7 Å². The molecule has 1 aromatic carbocycles. The highest BCUT2D eigenvalue weighted by Gasteiger charge is 2.20. The van der Waals surface area contributed by atoms with Gasteiger partial charge >= 0.3 is 0 Å². The predicted octanol–water partition coefficient (Wildman–Crippen LogP) is 3.09.